The molecule has 0 atom stereocenters. The summed E-state index contributed by atoms with van der Waals surface area (Å²) in [5.41, 5.74) is 0.819. The summed E-state index contributed by atoms with van der Waals surface area (Å²) in [7, 11) is 3.56. The molecule has 1 N–H and O–H groups in total. The van der Waals surface area contributed by atoms with Gasteiger partial charge in [0.25, 0.3) is 0 Å². The van der Waals surface area contributed by atoms with Gasteiger partial charge in [-0.15, -0.1) is 0 Å². The first kappa shape index (κ1) is 15.7. The average Bonchev–Trinajstić information content (AvgIpc) is 2.86. The van der Waals surface area contributed by atoms with Gasteiger partial charge >= 0.3 is 0 Å². The fraction of sp³-hybridized carbons (Fsp3) is 0.643. The Morgan fingerprint density at radius 1 is 1.29 bits per heavy atom. The lowest BCUT2D eigenvalue weighted by molar-refractivity contribution is 0.0892. The number of methoxy groups -OCH3 is 1. The molecule has 0 saturated carbocycles. The highest BCUT2D eigenvalue weighted by molar-refractivity contribution is 5.86. The lowest BCUT2D eigenvalue weighted by Gasteiger charge is -2.08. The van der Waals surface area contributed by atoms with Gasteiger partial charge < -0.3 is 14.8 Å². The zero-order valence-corrected chi connectivity index (χ0v) is 12.9. The van der Waals surface area contributed by atoms with Gasteiger partial charge in [-0.3, -0.25) is 4.68 Å². The van der Waals surface area contributed by atoms with Crippen molar-refractivity contribution < 1.29 is 9.47 Å². The van der Waals surface area contributed by atoms with Crippen LogP contribution in [-0.2, 0) is 23.1 Å². The molecule has 2 aromatic rings. The Kier molecular flexibility index (Phi) is 5.89. The van der Waals surface area contributed by atoms with Gasteiger partial charge in [0.05, 0.1) is 11.6 Å². The molecule has 7 heteroatoms. The predicted octanol–water partition coefficient (Wildman–Crippen LogP) is 1.74. The normalized spacial score (nSPS) is 11.2. The average molecular weight is 293 g/mol. The molecule has 0 fully saturated rings. The predicted molar refractivity (Wildman–Crippen MR) is 81.2 cm³/mol. The second-order valence-corrected chi connectivity index (χ2v) is 4.82. The van der Waals surface area contributed by atoms with E-state index in [1.165, 1.54) is 0 Å². The van der Waals surface area contributed by atoms with Crippen LogP contribution in [0.3, 0.4) is 0 Å². The number of anilines is 1. The third kappa shape index (κ3) is 4.12. The molecule has 2 rings (SSSR count). The number of aromatic nitrogens is 4. The van der Waals surface area contributed by atoms with Crippen LogP contribution >= 0.6 is 0 Å². The smallest absolute Gasteiger partial charge is 0.163 e. The van der Waals surface area contributed by atoms with Gasteiger partial charge in [0.15, 0.2) is 11.5 Å². The summed E-state index contributed by atoms with van der Waals surface area (Å²) in [6.07, 6.45) is 3.69. The van der Waals surface area contributed by atoms with Gasteiger partial charge in [-0.05, 0) is 12.8 Å². The molecule has 0 amide bonds. The molecular weight excluding hydrogens is 270 g/mol. The van der Waals surface area contributed by atoms with Crippen LogP contribution in [0.25, 0.3) is 11.0 Å². The van der Waals surface area contributed by atoms with E-state index in [2.05, 4.69) is 27.3 Å². The molecule has 0 unspecified atom stereocenters. The van der Waals surface area contributed by atoms with Gasteiger partial charge in [0.2, 0.25) is 0 Å². The minimum absolute atomic E-state index is 0.394. The maximum Gasteiger partial charge on any atom is 0.163 e. The first-order valence-electron chi connectivity index (χ1n) is 7.25. The fourth-order valence-electron chi connectivity index (χ4n) is 1.98. The number of hydrogen-bond donors (Lipinski definition) is 1. The molecule has 0 aliphatic rings. The van der Waals surface area contributed by atoms with Gasteiger partial charge in [0.1, 0.15) is 12.4 Å². The topological polar surface area (TPSA) is 74.1 Å². The minimum Gasteiger partial charge on any atom is -0.385 e. The highest BCUT2D eigenvalue weighted by Crippen LogP contribution is 2.19. The monoisotopic (exact) mass is 293 g/mol. The lowest BCUT2D eigenvalue weighted by Crippen LogP contribution is -2.08. The Bertz CT molecular complexity index is 570. The Morgan fingerprint density at radius 3 is 2.90 bits per heavy atom. The summed E-state index contributed by atoms with van der Waals surface area (Å²) in [4.78, 5) is 9.05. The van der Waals surface area contributed by atoms with Crippen LogP contribution in [0.2, 0.25) is 0 Å². The first-order valence-corrected chi connectivity index (χ1v) is 7.25. The summed E-state index contributed by atoms with van der Waals surface area (Å²) >= 11 is 0. The van der Waals surface area contributed by atoms with Crippen LogP contribution in [0.15, 0.2) is 6.20 Å². The van der Waals surface area contributed by atoms with E-state index < -0.39 is 0 Å². The van der Waals surface area contributed by atoms with E-state index in [0.29, 0.717) is 25.6 Å². The minimum atomic E-state index is 0.394. The molecule has 0 spiro atoms. The lowest BCUT2D eigenvalue weighted by atomic mass is 10.3. The Balaban J connectivity index is 2.09. The summed E-state index contributed by atoms with van der Waals surface area (Å²) in [5.74, 6) is 1.49. The van der Waals surface area contributed by atoms with Crippen molar-refractivity contribution in [3.05, 3.63) is 12.0 Å². The van der Waals surface area contributed by atoms with Crippen LogP contribution in [0, 0.1) is 0 Å². The fourth-order valence-corrected chi connectivity index (χ4v) is 1.98. The third-order valence-corrected chi connectivity index (χ3v) is 3.05. The summed E-state index contributed by atoms with van der Waals surface area (Å²) in [6, 6.07) is 0. The molecule has 21 heavy (non-hydrogen) atoms. The SMILES string of the molecule is CCCNc1nc(COCCCOC)nc2c1cnn2C. The van der Waals surface area contributed by atoms with E-state index in [9.17, 15) is 0 Å². The maximum absolute atomic E-state index is 5.58. The van der Waals surface area contributed by atoms with E-state index in [4.69, 9.17) is 9.47 Å². The van der Waals surface area contributed by atoms with Crippen LogP contribution in [0.5, 0.6) is 0 Å². The van der Waals surface area contributed by atoms with Crippen molar-refractivity contribution in [1.82, 2.24) is 19.7 Å². The number of hydrogen-bond acceptors (Lipinski definition) is 6. The van der Waals surface area contributed by atoms with Gasteiger partial charge in [0, 0.05) is 33.9 Å². The third-order valence-electron chi connectivity index (χ3n) is 3.05. The Hall–Kier alpha value is -1.73. The number of ether oxygens (including phenoxy) is 2. The van der Waals surface area contributed by atoms with Gasteiger partial charge in [-0.25, -0.2) is 9.97 Å². The molecule has 2 heterocycles. The van der Waals surface area contributed by atoms with Crippen molar-refractivity contribution in [1.29, 1.82) is 0 Å². The van der Waals surface area contributed by atoms with Crippen molar-refractivity contribution in [3.63, 3.8) is 0 Å². The zero-order valence-electron chi connectivity index (χ0n) is 12.9. The molecule has 2 aromatic heterocycles. The summed E-state index contributed by atoms with van der Waals surface area (Å²) in [5, 5.41) is 8.50. The molecule has 0 radical (unpaired) electrons. The Labute approximate surface area is 124 Å². The van der Waals surface area contributed by atoms with Crippen LogP contribution in [0.4, 0.5) is 5.82 Å². The molecule has 116 valence electrons. The van der Waals surface area contributed by atoms with E-state index in [0.717, 1.165) is 36.2 Å². The van der Waals surface area contributed by atoms with E-state index in [-0.39, 0.29) is 0 Å². The molecular formula is C14H23N5O2. The summed E-state index contributed by atoms with van der Waals surface area (Å²) in [6.45, 7) is 4.72. The van der Waals surface area contributed by atoms with E-state index >= 15 is 0 Å². The molecule has 0 bridgehead atoms. The van der Waals surface area contributed by atoms with E-state index in [1.807, 2.05) is 7.05 Å². The number of fused-ring (bicyclic) bond motifs is 1. The van der Waals surface area contributed by atoms with Gasteiger partial charge in [-0.2, -0.15) is 5.10 Å². The number of nitrogens with one attached hydrogen (secondary N) is 1. The highest BCUT2D eigenvalue weighted by atomic mass is 16.5. The largest absolute Gasteiger partial charge is 0.385 e. The van der Waals surface area contributed by atoms with Crippen molar-refractivity contribution in [2.24, 2.45) is 7.05 Å². The van der Waals surface area contributed by atoms with Crippen molar-refractivity contribution in [3.8, 4) is 0 Å². The molecule has 7 nitrogen and oxygen atoms in total. The molecule has 0 aliphatic carbocycles. The first-order chi connectivity index (χ1) is 10.3. The van der Waals surface area contributed by atoms with Crippen molar-refractivity contribution in [2.75, 3.05) is 32.2 Å². The molecule has 0 saturated heterocycles. The van der Waals surface area contributed by atoms with Crippen LogP contribution in [0.1, 0.15) is 25.6 Å². The van der Waals surface area contributed by atoms with Crippen LogP contribution in [-0.4, -0.2) is 46.6 Å². The standard InChI is InChI=1S/C14H23N5O2/c1-4-6-15-13-11-9-16-19(2)14(11)18-12(17-13)10-21-8-5-7-20-3/h9H,4-8,10H2,1-3H3,(H,15,17,18). The van der Waals surface area contributed by atoms with Crippen molar-refractivity contribution >= 4 is 16.9 Å². The second kappa shape index (κ2) is 7.90. The number of aryl methyl sites for hydroxylation is 1. The quantitative estimate of drug-likeness (QED) is 0.710. The number of nitrogens with zero attached hydrogens (tertiary/aromatic N) is 4. The maximum atomic E-state index is 5.58. The van der Waals surface area contributed by atoms with Crippen LogP contribution < -0.4 is 5.32 Å². The summed E-state index contributed by atoms with van der Waals surface area (Å²) < 4.78 is 12.3. The Morgan fingerprint density at radius 2 is 2.14 bits per heavy atom. The highest BCUT2D eigenvalue weighted by Gasteiger charge is 2.11. The molecule has 0 aromatic carbocycles. The zero-order chi connectivity index (χ0) is 15.1. The van der Waals surface area contributed by atoms with Crippen molar-refractivity contribution in [2.45, 2.75) is 26.4 Å². The molecule has 0 aliphatic heterocycles. The van der Waals surface area contributed by atoms with E-state index in [1.54, 1.807) is 18.0 Å². The number of rotatable bonds is 9. The van der Waals surface area contributed by atoms with Gasteiger partial charge in [-0.1, -0.05) is 6.92 Å². The second-order valence-electron chi connectivity index (χ2n) is 4.82.